The lowest BCUT2D eigenvalue weighted by atomic mass is 10.0. The molecule has 0 aromatic heterocycles. The van der Waals surface area contributed by atoms with E-state index < -0.39 is 12.4 Å². The zero-order valence-corrected chi connectivity index (χ0v) is 10.1. The Morgan fingerprint density at radius 2 is 1.83 bits per heavy atom. The van der Waals surface area contributed by atoms with Crippen molar-refractivity contribution in [3.05, 3.63) is 23.3 Å². The van der Waals surface area contributed by atoms with Crippen LogP contribution in [0.1, 0.15) is 24.0 Å². The van der Waals surface area contributed by atoms with Crippen LogP contribution in [-0.4, -0.2) is 25.3 Å². The highest BCUT2D eigenvalue weighted by molar-refractivity contribution is 5.67. The number of alkyl halides is 2. The second kappa shape index (κ2) is 6.18. The minimum Gasteiger partial charge on any atom is -0.493 e. The molecule has 0 aliphatic carbocycles. The van der Waals surface area contributed by atoms with Crippen molar-refractivity contribution in [2.24, 2.45) is 0 Å². The molecule has 6 heteroatoms. The van der Waals surface area contributed by atoms with Crippen molar-refractivity contribution in [3.8, 4) is 11.5 Å². The van der Waals surface area contributed by atoms with Crippen LogP contribution in [0.2, 0.25) is 0 Å². The first-order chi connectivity index (χ1) is 8.49. The molecule has 0 bridgehead atoms. The number of carboxylic acids is 1. The van der Waals surface area contributed by atoms with Gasteiger partial charge in [-0.1, -0.05) is 0 Å². The number of rotatable bonds is 6. The monoisotopic (exact) mass is 260 g/mol. The lowest BCUT2D eigenvalue weighted by Gasteiger charge is -2.14. The SMILES string of the molecule is COc1cc(CCC(=O)O)c(C(F)F)cc1OC. The van der Waals surface area contributed by atoms with Crippen LogP contribution < -0.4 is 9.47 Å². The van der Waals surface area contributed by atoms with Crippen LogP contribution in [0.15, 0.2) is 12.1 Å². The molecular weight excluding hydrogens is 246 g/mol. The van der Waals surface area contributed by atoms with Gasteiger partial charge < -0.3 is 14.6 Å². The fourth-order valence-electron chi connectivity index (χ4n) is 1.60. The van der Waals surface area contributed by atoms with E-state index in [9.17, 15) is 13.6 Å². The van der Waals surface area contributed by atoms with E-state index in [2.05, 4.69) is 0 Å². The molecule has 100 valence electrons. The summed E-state index contributed by atoms with van der Waals surface area (Å²) in [6.07, 6.45) is -2.88. The Morgan fingerprint density at radius 3 is 2.28 bits per heavy atom. The number of hydrogen-bond acceptors (Lipinski definition) is 3. The average Bonchev–Trinajstić information content (AvgIpc) is 2.34. The topological polar surface area (TPSA) is 55.8 Å². The van der Waals surface area contributed by atoms with Crippen molar-refractivity contribution < 1.29 is 28.2 Å². The number of ether oxygens (including phenoxy) is 2. The highest BCUT2D eigenvalue weighted by Crippen LogP contribution is 2.35. The van der Waals surface area contributed by atoms with Crippen LogP contribution >= 0.6 is 0 Å². The average molecular weight is 260 g/mol. The third kappa shape index (κ3) is 3.32. The third-order valence-electron chi connectivity index (χ3n) is 2.49. The molecule has 1 aromatic carbocycles. The zero-order chi connectivity index (χ0) is 13.7. The van der Waals surface area contributed by atoms with Crippen molar-refractivity contribution in [2.75, 3.05) is 14.2 Å². The van der Waals surface area contributed by atoms with Crippen molar-refractivity contribution in [1.82, 2.24) is 0 Å². The number of aryl methyl sites for hydroxylation is 1. The van der Waals surface area contributed by atoms with Crippen LogP contribution in [0.25, 0.3) is 0 Å². The molecule has 0 radical (unpaired) electrons. The number of hydrogen-bond donors (Lipinski definition) is 1. The Hall–Kier alpha value is -1.85. The second-order valence-corrected chi connectivity index (χ2v) is 3.60. The van der Waals surface area contributed by atoms with Gasteiger partial charge in [-0.15, -0.1) is 0 Å². The van der Waals surface area contributed by atoms with Crippen molar-refractivity contribution in [2.45, 2.75) is 19.3 Å². The molecule has 0 saturated carbocycles. The third-order valence-corrected chi connectivity index (χ3v) is 2.49. The number of halogens is 2. The summed E-state index contributed by atoms with van der Waals surface area (Å²) in [7, 11) is 2.74. The van der Waals surface area contributed by atoms with Crippen LogP contribution in [0.4, 0.5) is 8.78 Å². The fraction of sp³-hybridized carbons (Fsp3) is 0.417. The summed E-state index contributed by atoms with van der Waals surface area (Å²) in [4.78, 5) is 10.5. The molecule has 0 aliphatic heterocycles. The summed E-state index contributed by atoms with van der Waals surface area (Å²) in [6, 6.07) is 2.57. The van der Waals surface area contributed by atoms with E-state index >= 15 is 0 Å². The van der Waals surface area contributed by atoms with Crippen molar-refractivity contribution in [3.63, 3.8) is 0 Å². The van der Waals surface area contributed by atoms with E-state index in [1.165, 1.54) is 26.4 Å². The molecule has 0 aliphatic rings. The van der Waals surface area contributed by atoms with Crippen LogP contribution in [0.3, 0.4) is 0 Å². The molecule has 0 saturated heterocycles. The molecule has 0 heterocycles. The van der Waals surface area contributed by atoms with Crippen LogP contribution in [0, 0.1) is 0 Å². The maximum atomic E-state index is 12.9. The number of aliphatic carboxylic acids is 1. The summed E-state index contributed by atoms with van der Waals surface area (Å²) >= 11 is 0. The highest BCUT2D eigenvalue weighted by atomic mass is 19.3. The first kappa shape index (κ1) is 14.2. The van der Waals surface area contributed by atoms with Gasteiger partial charge in [0.2, 0.25) is 0 Å². The number of carboxylic acid groups (broad SMARTS) is 1. The van der Waals surface area contributed by atoms with E-state index in [1.807, 2.05) is 0 Å². The Balaban J connectivity index is 3.15. The van der Waals surface area contributed by atoms with Crippen molar-refractivity contribution in [1.29, 1.82) is 0 Å². The molecule has 1 rings (SSSR count). The largest absolute Gasteiger partial charge is 0.493 e. The number of carbonyl (C=O) groups is 1. The zero-order valence-electron chi connectivity index (χ0n) is 10.1. The van der Waals surface area contributed by atoms with Gasteiger partial charge in [-0.3, -0.25) is 4.79 Å². The molecule has 0 amide bonds. The van der Waals surface area contributed by atoms with E-state index in [-0.39, 0.29) is 29.7 Å². The minimum atomic E-state index is -2.69. The van der Waals surface area contributed by atoms with Gasteiger partial charge in [0, 0.05) is 12.0 Å². The number of methoxy groups -OCH3 is 2. The normalized spacial score (nSPS) is 10.5. The summed E-state index contributed by atoms with van der Waals surface area (Å²) in [6.45, 7) is 0. The second-order valence-electron chi connectivity index (χ2n) is 3.60. The van der Waals surface area contributed by atoms with E-state index in [0.29, 0.717) is 5.75 Å². The van der Waals surface area contributed by atoms with Crippen LogP contribution in [0.5, 0.6) is 11.5 Å². The van der Waals surface area contributed by atoms with E-state index in [4.69, 9.17) is 14.6 Å². The first-order valence-corrected chi connectivity index (χ1v) is 5.24. The Morgan fingerprint density at radius 1 is 1.28 bits per heavy atom. The summed E-state index contributed by atoms with van der Waals surface area (Å²) in [5.74, 6) is -0.529. The van der Waals surface area contributed by atoms with Gasteiger partial charge >= 0.3 is 5.97 Å². The standard InChI is InChI=1S/C12H14F2O4/c1-17-9-5-7(3-4-11(15)16)8(12(13)14)6-10(9)18-2/h5-6,12H,3-4H2,1-2H3,(H,15,16). The summed E-state index contributed by atoms with van der Waals surface area (Å²) in [5.41, 5.74) is 0.0268. The predicted molar refractivity (Wildman–Crippen MR) is 60.5 cm³/mol. The maximum absolute atomic E-state index is 12.9. The molecule has 0 fully saturated rings. The predicted octanol–water partition coefficient (Wildman–Crippen LogP) is 2.66. The summed E-state index contributed by atoms with van der Waals surface area (Å²) in [5, 5.41) is 8.59. The number of benzene rings is 1. The molecule has 18 heavy (non-hydrogen) atoms. The Labute approximate surface area is 103 Å². The lowest BCUT2D eigenvalue weighted by molar-refractivity contribution is -0.136. The molecule has 0 atom stereocenters. The molecule has 1 aromatic rings. The maximum Gasteiger partial charge on any atom is 0.303 e. The van der Waals surface area contributed by atoms with Gasteiger partial charge in [0.1, 0.15) is 0 Å². The smallest absolute Gasteiger partial charge is 0.303 e. The van der Waals surface area contributed by atoms with E-state index in [1.54, 1.807) is 0 Å². The summed E-state index contributed by atoms with van der Waals surface area (Å²) < 4.78 is 35.7. The fourth-order valence-corrected chi connectivity index (χ4v) is 1.60. The quantitative estimate of drug-likeness (QED) is 0.854. The Bertz CT molecular complexity index is 432. The van der Waals surface area contributed by atoms with Crippen molar-refractivity contribution >= 4 is 5.97 Å². The Kier molecular flexibility index (Phi) is 4.88. The van der Waals surface area contributed by atoms with Gasteiger partial charge in [-0.25, -0.2) is 8.78 Å². The molecule has 1 N–H and O–H groups in total. The minimum absolute atomic E-state index is 0.0232. The van der Waals surface area contributed by atoms with Gasteiger partial charge in [-0.2, -0.15) is 0 Å². The molecule has 0 spiro atoms. The van der Waals surface area contributed by atoms with Gasteiger partial charge in [0.05, 0.1) is 14.2 Å². The van der Waals surface area contributed by atoms with Gasteiger partial charge in [0.25, 0.3) is 6.43 Å². The van der Waals surface area contributed by atoms with Crippen LogP contribution in [-0.2, 0) is 11.2 Å². The molecule has 0 unspecified atom stereocenters. The highest BCUT2D eigenvalue weighted by Gasteiger charge is 2.18. The van der Waals surface area contributed by atoms with Gasteiger partial charge in [0.15, 0.2) is 11.5 Å². The first-order valence-electron chi connectivity index (χ1n) is 5.24. The lowest BCUT2D eigenvalue weighted by Crippen LogP contribution is -2.03. The molecule has 4 nitrogen and oxygen atoms in total. The van der Waals surface area contributed by atoms with Gasteiger partial charge in [-0.05, 0) is 24.1 Å². The molecular formula is C12H14F2O4. The van der Waals surface area contributed by atoms with E-state index in [0.717, 1.165) is 0 Å².